The summed E-state index contributed by atoms with van der Waals surface area (Å²) in [5.74, 6) is -2.13. The van der Waals surface area contributed by atoms with Crippen LogP contribution in [-0.4, -0.2) is 73.0 Å². The molecule has 12 heteroatoms. The minimum absolute atomic E-state index is 0.0336. The molecule has 0 spiro atoms. The maximum absolute atomic E-state index is 16.1. The van der Waals surface area contributed by atoms with E-state index in [1.165, 1.54) is 44.2 Å². The zero-order valence-corrected chi connectivity index (χ0v) is 26.7. The van der Waals surface area contributed by atoms with Crippen molar-refractivity contribution in [1.29, 1.82) is 0 Å². The molecule has 7 rings (SSSR count). The van der Waals surface area contributed by atoms with Gasteiger partial charge in [-0.15, -0.1) is 0 Å². The molecule has 3 unspecified atom stereocenters. The molecule has 0 saturated carbocycles. The van der Waals surface area contributed by atoms with Gasteiger partial charge in [0.15, 0.2) is 11.6 Å². The predicted octanol–water partition coefficient (Wildman–Crippen LogP) is 7.13. The molecule has 45 heavy (non-hydrogen) atoms. The molecule has 0 bridgehead atoms. The van der Waals surface area contributed by atoms with Crippen molar-refractivity contribution in [2.45, 2.75) is 58.3 Å². The van der Waals surface area contributed by atoms with E-state index in [0.717, 1.165) is 13.0 Å². The summed E-state index contributed by atoms with van der Waals surface area (Å²) in [6, 6.07) is 7.63. The minimum atomic E-state index is -0.938. The Bertz CT molecular complexity index is 1680. The van der Waals surface area contributed by atoms with Crippen molar-refractivity contribution in [3.8, 4) is 17.1 Å². The number of hydrogen-bond acceptors (Lipinski definition) is 7. The number of aromatic nitrogens is 2. The molecule has 4 aromatic rings. The van der Waals surface area contributed by atoms with E-state index in [1.807, 2.05) is 25.7 Å². The number of ether oxygens (including phenoxy) is 1. The van der Waals surface area contributed by atoms with E-state index in [4.69, 9.17) is 22.1 Å². The summed E-state index contributed by atoms with van der Waals surface area (Å²) in [6.07, 6.45) is 2.81. The Kier molecular flexibility index (Phi) is 10.2. The molecule has 0 radical (unpaired) electrons. The van der Waals surface area contributed by atoms with Gasteiger partial charge in [0.1, 0.15) is 23.3 Å². The lowest BCUT2D eigenvalue weighted by Crippen LogP contribution is -2.49. The van der Waals surface area contributed by atoms with Crippen molar-refractivity contribution < 1.29 is 22.3 Å². The first-order chi connectivity index (χ1) is 21.7. The summed E-state index contributed by atoms with van der Waals surface area (Å²) in [4.78, 5) is 12.8. The van der Waals surface area contributed by atoms with Crippen LogP contribution >= 0.6 is 11.6 Å². The maximum Gasteiger partial charge on any atom is 0.318 e. The third-order valence-corrected chi connectivity index (χ3v) is 8.81. The molecule has 3 aliphatic rings. The average Bonchev–Trinajstić information content (AvgIpc) is 3.61. The molecule has 3 saturated heterocycles. The van der Waals surface area contributed by atoms with E-state index in [2.05, 4.69) is 20.2 Å². The molecular formula is C33H39ClF4N6O. The number of rotatable bonds is 3. The highest BCUT2D eigenvalue weighted by molar-refractivity contribution is 6.37. The lowest BCUT2D eigenvalue weighted by atomic mass is 9.95. The second-order valence-electron chi connectivity index (χ2n) is 11.4. The molecule has 1 aromatic heterocycles. The number of nitrogen functional groups attached to an aromatic ring is 1. The highest BCUT2D eigenvalue weighted by atomic mass is 35.5. The molecule has 4 heterocycles. The first-order valence-electron chi connectivity index (χ1n) is 15.4. The largest absolute Gasteiger partial charge is 0.467 e. The smallest absolute Gasteiger partial charge is 0.318 e. The van der Waals surface area contributed by atoms with Gasteiger partial charge in [-0.2, -0.15) is 9.97 Å². The first kappa shape index (κ1) is 33.0. The molecule has 0 amide bonds. The number of benzene rings is 3. The zero-order chi connectivity index (χ0) is 32.4. The van der Waals surface area contributed by atoms with Crippen molar-refractivity contribution in [3.63, 3.8) is 0 Å². The van der Waals surface area contributed by atoms with Gasteiger partial charge in [0, 0.05) is 59.4 Å². The van der Waals surface area contributed by atoms with E-state index in [-0.39, 0.29) is 50.0 Å². The van der Waals surface area contributed by atoms with E-state index < -0.39 is 29.2 Å². The van der Waals surface area contributed by atoms with Gasteiger partial charge in [-0.25, -0.2) is 17.6 Å². The Morgan fingerprint density at radius 1 is 1.04 bits per heavy atom. The van der Waals surface area contributed by atoms with Crippen LogP contribution in [0.5, 0.6) is 6.01 Å². The van der Waals surface area contributed by atoms with Gasteiger partial charge < -0.3 is 20.7 Å². The second-order valence-corrected chi connectivity index (χ2v) is 11.8. The third-order valence-electron chi connectivity index (χ3n) is 8.49. The molecular weight excluding hydrogens is 608 g/mol. The number of hydrogen-bond donors (Lipinski definition) is 2. The first-order valence-corrected chi connectivity index (χ1v) is 15.8. The van der Waals surface area contributed by atoms with Crippen LogP contribution in [0.1, 0.15) is 40.0 Å². The van der Waals surface area contributed by atoms with Gasteiger partial charge in [0.25, 0.3) is 0 Å². The molecule has 3 N–H and O–H groups in total. The Labute approximate surface area is 265 Å². The summed E-state index contributed by atoms with van der Waals surface area (Å²) in [5, 5.41) is 3.90. The standard InChI is InChI=1S/C24H21ClF3N5O.C7H12FN.C2H6/c1-11-10-33(7-6-30-11)23-14-8-16(26)19(21(28)22(14)31-24(32-23)34-2)13-9-17(29)20(27)12-4-3-5-15(25)18(12)13;8-6-4-7-2-1-3-9(7)5-6;1-2/h3-5,8-9,11,30H,6-7,10,29H2,1-2H3;6-7H,1-5H2;1-2H3. The van der Waals surface area contributed by atoms with E-state index in [1.54, 1.807) is 6.07 Å². The summed E-state index contributed by atoms with van der Waals surface area (Å²) in [6.45, 7) is 9.75. The fourth-order valence-corrected chi connectivity index (χ4v) is 6.79. The molecule has 3 fully saturated rings. The van der Waals surface area contributed by atoms with Crippen LogP contribution < -0.4 is 20.7 Å². The number of nitrogens with one attached hydrogen (secondary N) is 1. The fourth-order valence-electron chi connectivity index (χ4n) is 6.52. The van der Waals surface area contributed by atoms with Crippen LogP contribution in [-0.2, 0) is 0 Å². The Morgan fingerprint density at radius 3 is 2.53 bits per heavy atom. The fraction of sp³-hybridized carbons (Fsp3) is 0.455. The molecule has 0 aliphatic carbocycles. The van der Waals surface area contributed by atoms with Gasteiger partial charge in [-0.1, -0.05) is 37.6 Å². The minimum Gasteiger partial charge on any atom is -0.467 e. The van der Waals surface area contributed by atoms with Crippen LogP contribution in [0.3, 0.4) is 0 Å². The molecule has 3 aromatic carbocycles. The second kappa shape index (κ2) is 13.9. The normalized spacial score (nSPS) is 21.3. The number of halogens is 5. The summed E-state index contributed by atoms with van der Waals surface area (Å²) in [7, 11) is 1.38. The van der Waals surface area contributed by atoms with Crippen molar-refractivity contribution in [2.75, 3.05) is 50.5 Å². The summed E-state index contributed by atoms with van der Waals surface area (Å²) < 4.78 is 64.2. The van der Waals surface area contributed by atoms with Crippen molar-refractivity contribution in [3.05, 3.63) is 52.8 Å². The Morgan fingerprint density at radius 2 is 1.82 bits per heavy atom. The van der Waals surface area contributed by atoms with E-state index in [0.29, 0.717) is 38.0 Å². The highest BCUT2D eigenvalue weighted by Gasteiger charge is 2.34. The number of methoxy groups -OCH3 is 1. The predicted molar refractivity (Wildman–Crippen MR) is 173 cm³/mol. The number of nitrogens with zero attached hydrogens (tertiary/aromatic N) is 4. The van der Waals surface area contributed by atoms with Gasteiger partial charge in [-0.3, -0.25) is 4.90 Å². The lowest BCUT2D eigenvalue weighted by molar-refractivity contribution is 0.292. The Balaban J connectivity index is 0.000000307. The van der Waals surface area contributed by atoms with Crippen LogP contribution in [0.2, 0.25) is 5.02 Å². The monoisotopic (exact) mass is 646 g/mol. The molecule has 242 valence electrons. The van der Waals surface area contributed by atoms with Crippen molar-refractivity contribution >= 4 is 44.8 Å². The topological polar surface area (TPSA) is 79.5 Å². The number of alkyl halides is 1. The highest BCUT2D eigenvalue weighted by Crippen LogP contribution is 2.42. The molecule has 3 aliphatic heterocycles. The SMILES string of the molecule is CC.COc1nc(N2CCNC(C)C2)c2cc(F)c(-c3cc(N)c(F)c4cccc(Cl)c34)c(F)c2n1.FC1CC2CCCN2C1. The van der Waals surface area contributed by atoms with Gasteiger partial charge in [0.2, 0.25) is 0 Å². The summed E-state index contributed by atoms with van der Waals surface area (Å²) in [5.41, 5.74) is 5.11. The van der Waals surface area contributed by atoms with Gasteiger partial charge in [-0.05, 0) is 56.5 Å². The summed E-state index contributed by atoms with van der Waals surface area (Å²) >= 11 is 6.34. The van der Waals surface area contributed by atoms with Crippen LogP contribution in [0.15, 0.2) is 30.3 Å². The van der Waals surface area contributed by atoms with Gasteiger partial charge in [0.05, 0.1) is 18.4 Å². The average molecular weight is 647 g/mol. The number of piperazine rings is 1. The number of anilines is 2. The van der Waals surface area contributed by atoms with Crippen molar-refractivity contribution in [2.24, 2.45) is 0 Å². The quantitative estimate of drug-likeness (QED) is 0.181. The zero-order valence-electron chi connectivity index (χ0n) is 25.9. The van der Waals surface area contributed by atoms with Crippen LogP contribution in [0.25, 0.3) is 32.8 Å². The maximum atomic E-state index is 16.1. The van der Waals surface area contributed by atoms with Gasteiger partial charge >= 0.3 is 6.01 Å². The lowest BCUT2D eigenvalue weighted by Gasteiger charge is -2.33. The Hall–Kier alpha value is -3.41. The third kappa shape index (κ3) is 6.48. The molecule has 3 atom stereocenters. The van der Waals surface area contributed by atoms with Crippen LogP contribution in [0.4, 0.5) is 29.1 Å². The van der Waals surface area contributed by atoms with Crippen molar-refractivity contribution in [1.82, 2.24) is 20.2 Å². The number of nitrogens with two attached hydrogens (primary N) is 1. The van der Waals surface area contributed by atoms with Crippen LogP contribution in [0, 0.1) is 17.5 Å². The number of fused-ring (bicyclic) bond motifs is 3. The van der Waals surface area contributed by atoms with E-state index in [9.17, 15) is 8.78 Å². The van der Waals surface area contributed by atoms with E-state index >= 15 is 8.78 Å². The molecule has 7 nitrogen and oxygen atoms in total.